The van der Waals surface area contributed by atoms with Gasteiger partial charge in [-0.2, -0.15) is 0 Å². The Hall–Kier alpha value is -0.840. The Morgan fingerprint density at radius 2 is 2.50 bits per heavy atom. The lowest BCUT2D eigenvalue weighted by Crippen LogP contribution is -2.54. The van der Waals surface area contributed by atoms with Gasteiger partial charge in [0, 0.05) is 18.5 Å². The van der Waals surface area contributed by atoms with Gasteiger partial charge in [0.05, 0.1) is 0 Å². The standard InChI is InChI=1S/C7H13N3OS/c1-4-5(10-7(8)12)2-3-6(11)9-4/h4-5H,2-3H2,1H3,(H,9,11)(H3,8,10,12). The highest BCUT2D eigenvalue weighted by Crippen LogP contribution is 2.08. The highest BCUT2D eigenvalue weighted by atomic mass is 32.1. The number of carbonyl (C=O) groups excluding carboxylic acids is 1. The Morgan fingerprint density at radius 3 is 3.00 bits per heavy atom. The molecule has 1 aliphatic heterocycles. The third kappa shape index (κ3) is 2.34. The first-order valence-corrected chi connectivity index (χ1v) is 4.36. The highest BCUT2D eigenvalue weighted by Gasteiger charge is 2.24. The zero-order chi connectivity index (χ0) is 9.14. The van der Waals surface area contributed by atoms with Gasteiger partial charge in [0.2, 0.25) is 5.91 Å². The molecule has 1 aliphatic rings. The number of nitrogens with two attached hydrogens (primary N) is 1. The first kappa shape index (κ1) is 9.25. The van der Waals surface area contributed by atoms with E-state index in [4.69, 9.17) is 18.0 Å². The van der Waals surface area contributed by atoms with Crippen LogP contribution in [0.2, 0.25) is 0 Å². The molecule has 1 saturated heterocycles. The zero-order valence-corrected chi connectivity index (χ0v) is 7.78. The van der Waals surface area contributed by atoms with Crippen LogP contribution in [-0.4, -0.2) is 23.1 Å². The molecule has 0 aromatic rings. The second kappa shape index (κ2) is 3.71. The molecule has 2 atom stereocenters. The Balaban J connectivity index is 2.45. The monoisotopic (exact) mass is 187 g/mol. The minimum atomic E-state index is 0.100. The molecule has 12 heavy (non-hydrogen) atoms. The Bertz CT molecular complexity index is 207. The quantitative estimate of drug-likeness (QED) is 0.484. The van der Waals surface area contributed by atoms with Crippen LogP contribution in [0.3, 0.4) is 0 Å². The average molecular weight is 187 g/mol. The van der Waals surface area contributed by atoms with Crippen molar-refractivity contribution in [3.63, 3.8) is 0 Å². The van der Waals surface area contributed by atoms with Crippen molar-refractivity contribution >= 4 is 23.2 Å². The smallest absolute Gasteiger partial charge is 0.220 e. The van der Waals surface area contributed by atoms with E-state index in [0.717, 1.165) is 6.42 Å². The number of piperidine rings is 1. The molecule has 1 heterocycles. The van der Waals surface area contributed by atoms with Gasteiger partial charge < -0.3 is 16.4 Å². The summed E-state index contributed by atoms with van der Waals surface area (Å²) in [6.07, 6.45) is 1.34. The van der Waals surface area contributed by atoms with Crippen molar-refractivity contribution in [2.75, 3.05) is 0 Å². The van der Waals surface area contributed by atoms with Crippen LogP contribution in [0.4, 0.5) is 0 Å². The predicted octanol–water partition coefficient (Wildman–Crippen LogP) is -0.513. The number of hydrogen-bond donors (Lipinski definition) is 3. The van der Waals surface area contributed by atoms with Crippen LogP contribution < -0.4 is 16.4 Å². The Morgan fingerprint density at radius 1 is 1.83 bits per heavy atom. The molecule has 5 heteroatoms. The van der Waals surface area contributed by atoms with E-state index < -0.39 is 0 Å². The lowest BCUT2D eigenvalue weighted by molar-refractivity contribution is -0.123. The number of hydrogen-bond acceptors (Lipinski definition) is 2. The zero-order valence-electron chi connectivity index (χ0n) is 6.96. The fraction of sp³-hybridized carbons (Fsp3) is 0.714. The lowest BCUT2D eigenvalue weighted by Gasteiger charge is -2.30. The van der Waals surface area contributed by atoms with Crippen LogP contribution in [0.15, 0.2) is 0 Å². The van der Waals surface area contributed by atoms with E-state index in [1.165, 1.54) is 0 Å². The Labute approximate surface area is 76.9 Å². The van der Waals surface area contributed by atoms with E-state index in [-0.39, 0.29) is 18.0 Å². The third-order valence-corrected chi connectivity index (χ3v) is 2.12. The van der Waals surface area contributed by atoms with E-state index in [1.54, 1.807) is 0 Å². The van der Waals surface area contributed by atoms with E-state index in [0.29, 0.717) is 11.5 Å². The SMILES string of the molecule is CC1NC(=O)CCC1NC(N)=S. The summed E-state index contributed by atoms with van der Waals surface area (Å²) in [4.78, 5) is 10.9. The van der Waals surface area contributed by atoms with Gasteiger partial charge in [0.15, 0.2) is 5.11 Å². The second-order valence-corrected chi connectivity index (χ2v) is 3.45. The van der Waals surface area contributed by atoms with Crippen LogP contribution in [0.5, 0.6) is 0 Å². The summed E-state index contributed by atoms with van der Waals surface area (Å²) in [7, 11) is 0. The molecule has 4 N–H and O–H groups in total. The second-order valence-electron chi connectivity index (χ2n) is 3.01. The first-order chi connectivity index (χ1) is 5.59. The number of rotatable bonds is 1. The molecule has 2 unspecified atom stereocenters. The number of thiocarbonyl (C=S) groups is 1. The average Bonchev–Trinajstić information content (AvgIpc) is 1.94. The van der Waals surface area contributed by atoms with Gasteiger partial charge in [-0.15, -0.1) is 0 Å². The maximum Gasteiger partial charge on any atom is 0.220 e. The van der Waals surface area contributed by atoms with Crippen molar-refractivity contribution in [2.45, 2.75) is 31.8 Å². The highest BCUT2D eigenvalue weighted by molar-refractivity contribution is 7.80. The van der Waals surface area contributed by atoms with E-state index in [1.807, 2.05) is 6.92 Å². The summed E-state index contributed by atoms with van der Waals surface area (Å²) in [6, 6.07) is 0.285. The molecule has 0 bridgehead atoms. The molecule has 68 valence electrons. The van der Waals surface area contributed by atoms with Gasteiger partial charge in [-0.05, 0) is 25.6 Å². The lowest BCUT2D eigenvalue weighted by atomic mass is 10.00. The summed E-state index contributed by atoms with van der Waals surface area (Å²) >= 11 is 4.71. The van der Waals surface area contributed by atoms with Crippen molar-refractivity contribution in [1.29, 1.82) is 0 Å². The van der Waals surface area contributed by atoms with E-state index >= 15 is 0 Å². The largest absolute Gasteiger partial charge is 0.376 e. The molecule has 0 saturated carbocycles. The number of carbonyl (C=O) groups is 1. The summed E-state index contributed by atoms with van der Waals surface area (Å²) in [5.74, 6) is 0.100. The molecule has 0 aromatic carbocycles. The molecule has 0 spiro atoms. The Kier molecular flexibility index (Phi) is 2.86. The van der Waals surface area contributed by atoms with Gasteiger partial charge in [-0.25, -0.2) is 0 Å². The predicted molar refractivity (Wildman–Crippen MR) is 50.5 cm³/mol. The molecule has 0 aromatic heterocycles. The summed E-state index contributed by atoms with van der Waals surface area (Å²) in [6.45, 7) is 1.94. The van der Waals surface area contributed by atoms with Crippen LogP contribution in [0, 0.1) is 0 Å². The van der Waals surface area contributed by atoms with Gasteiger partial charge in [-0.3, -0.25) is 4.79 Å². The van der Waals surface area contributed by atoms with Crippen LogP contribution in [0.1, 0.15) is 19.8 Å². The minimum Gasteiger partial charge on any atom is -0.376 e. The summed E-state index contributed by atoms with van der Waals surface area (Å²) < 4.78 is 0. The van der Waals surface area contributed by atoms with Crippen LogP contribution in [-0.2, 0) is 4.79 Å². The summed E-state index contributed by atoms with van der Waals surface area (Å²) in [5.41, 5.74) is 5.33. The van der Waals surface area contributed by atoms with Crippen molar-refractivity contribution in [3.8, 4) is 0 Å². The molecule has 0 radical (unpaired) electrons. The van der Waals surface area contributed by atoms with Crippen molar-refractivity contribution < 1.29 is 4.79 Å². The summed E-state index contributed by atoms with van der Waals surface area (Å²) in [5, 5.41) is 6.06. The van der Waals surface area contributed by atoms with Gasteiger partial charge >= 0.3 is 0 Å². The van der Waals surface area contributed by atoms with Gasteiger partial charge in [-0.1, -0.05) is 0 Å². The topological polar surface area (TPSA) is 67.2 Å². The van der Waals surface area contributed by atoms with Crippen LogP contribution >= 0.6 is 12.2 Å². The molecular weight excluding hydrogens is 174 g/mol. The maximum atomic E-state index is 10.9. The molecule has 1 rings (SSSR count). The van der Waals surface area contributed by atoms with Gasteiger partial charge in [0.1, 0.15) is 0 Å². The minimum absolute atomic E-state index is 0.100. The number of amides is 1. The maximum absolute atomic E-state index is 10.9. The van der Waals surface area contributed by atoms with Gasteiger partial charge in [0.25, 0.3) is 0 Å². The van der Waals surface area contributed by atoms with Crippen molar-refractivity contribution in [1.82, 2.24) is 10.6 Å². The molecule has 1 fully saturated rings. The fourth-order valence-electron chi connectivity index (χ4n) is 1.34. The van der Waals surface area contributed by atoms with Crippen LogP contribution in [0.25, 0.3) is 0 Å². The molecule has 0 aliphatic carbocycles. The number of nitrogens with one attached hydrogen (secondary N) is 2. The molecule has 1 amide bonds. The van der Waals surface area contributed by atoms with E-state index in [2.05, 4.69) is 10.6 Å². The molecule has 4 nitrogen and oxygen atoms in total. The van der Waals surface area contributed by atoms with Crippen molar-refractivity contribution in [2.24, 2.45) is 5.73 Å². The van der Waals surface area contributed by atoms with E-state index in [9.17, 15) is 4.79 Å². The van der Waals surface area contributed by atoms with Crippen molar-refractivity contribution in [3.05, 3.63) is 0 Å². The normalized spacial score (nSPS) is 29.2. The fourth-order valence-corrected chi connectivity index (χ4v) is 1.49. The molecular formula is C7H13N3OS. The first-order valence-electron chi connectivity index (χ1n) is 3.95. The third-order valence-electron chi connectivity index (χ3n) is 2.00.